The molecule has 4 nitrogen and oxygen atoms in total. The summed E-state index contributed by atoms with van der Waals surface area (Å²) >= 11 is 0. The zero-order valence-corrected chi connectivity index (χ0v) is 34.0. The Labute approximate surface area is 373 Å². The lowest BCUT2D eigenvalue weighted by atomic mass is 9.87. The van der Waals surface area contributed by atoms with Gasteiger partial charge in [-0.15, -0.1) is 0 Å². The van der Waals surface area contributed by atoms with Gasteiger partial charge in [-0.25, -0.2) is 0 Å². The lowest BCUT2D eigenvalue weighted by Crippen LogP contribution is -2.10. The minimum Gasteiger partial charge on any atom is -0.456 e. The standard InChI is InChI=1S/2C28H25NO/c2*1-28(2,3)21-12-14-24-25-18-23(13-15-26(25)30-27(24)17-21)29-22-11-7-10-20(16-22)19-8-5-4-6-9-19/h2*4-18,29H,1-3H3/i4D,5D,6D,7D,8D,9D,10D,11D,12D,13D,14D,15D,16D,17D,18D;. The van der Waals surface area contributed by atoms with Gasteiger partial charge >= 0.3 is 0 Å². The number of hydrogen-bond acceptors (Lipinski definition) is 4. The predicted octanol–water partition coefficient (Wildman–Crippen LogP) is 16.6. The van der Waals surface area contributed by atoms with Crippen LogP contribution in [0.2, 0.25) is 0 Å². The van der Waals surface area contributed by atoms with Crippen LogP contribution in [-0.2, 0) is 10.8 Å². The summed E-state index contributed by atoms with van der Waals surface area (Å²) in [5.74, 6) is 0. The fraction of sp³-hybridized carbons (Fsp3) is 0.143. The average Bonchev–Trinajstić information content (AvgIpc) is 3.99. The number of fused-ring (bicyclic) bond motifs is 6. The fourth-order valence-electron chi connectivity index (χ4n) is 6.76. The molecule has 2 N–H and O–H groups in total. The van der Waals surface area contributed by atoms with E-state index < -0.39 is 100 Å². The molecule has 0 amide bonds. The SMILES string of the molecule is CC(C)(C)c1ccc2c(c1)oc1ccc(Nc3cccc(-c4ccccc4)c3)cc12.[2H]c1c([2H])c([2H])c(-c2c([2H])c([2H])c([2H])c(Nc3c([2H])c([2H])c4oc5c([2H])c(C(C)(C)C)c([2H])c([2H])c5c4c3[2H])c2[2H])c([2H])c1[2H]. The molecule has 0 bridgehead atoms. The Morgan fingerprint density at radius 3 is 1.90 bits per heavy atom. The van der Waals surface area contributed by atoms with Gasteiger partial charge in [0.15, 0.2) is 0 Å². The first-order chi connectivity index (χ1) is 35.2. The Balaban J connectivity index is 0.000000198. The van der Waals surface area contributed by atoms with Gasteiger partial charge in [0.1, 0.15) is 22.3 Å². The maximum Gasteiger partial charge on any atom is 0.135 e. The monoisotopic (exact) mass is 797 g/mol. The summed E-state index contributed by atoms with van der Waals surface area (Å²) in [6.45, 7) is 12.0. The molecule has 2 heterocycles. The molecule has 0 saturated heterocycles. The Kier molecular flexibility index (Phi) is 6.45. The normalized spacial score (nSPS) is 15.3. The maximum absolute atomic E-state index is 8.97. The number of benzene rings is 8. The minimum atomic E-state index is -0.768. The molecule has 60 heavy (non-hydrogen) atoms. The van der Waals surface area contributed by atoms with Crippen LogP contribution in [0.5, 0.6) is 0 Å². The molecule has 2 aromatic heterocycles. The van der Waals surface area contributed by atoms with Crippen LogP contribution in [-0.4, -0.2) is 0 Å². The van der Waals surface area contributed by atoms with Crippen LogP contribution in [0.1, 0.15) is 73.2 Å². The third-order valence-electron chi connectivity index (χ3n) is 9.98. The van der Waals surface area contributed by atoms with E-state index in [9.17, 15) is 0 Å². The molecule has 0 aliphatic heterocycles. The van der Waals surface area contributed by atoms with Crippen molar-refractivity contribution >= 4 is 66.6 Å². The largest absolute Gasteiger partial charge is 0.456 e. The van der Waals surface area contributed by atoms with Gasteiger partial charge in [0.2, 0.25) is 0 Å². The van der Waals surface area contributed by atoms with E-state index >= 15 is 0 Å². The second-order valence-electron chi connectivity index (χ2n) is 16.5. The van der Waals surface area contributed by atoms with Gasteiger partial charge < -0.3 is 19.5 Å². The summed E-state index contributed by atoms with van der Waals surface area (Å²) < 4.78 is 139. The van der Waals surface area contributed by atoms with Gasteiger partial charge in [0.05, 0.1) is 20.6 Å². The molecule has 4 heteroatoms. The second kappa shape index (κ2) is 15.6. The van der Waals surface area contributed by atoms with Gasteiger partial charge in [0.25, 0.3) is 0 Å². The summed E-state index contributed by atoms with van der Waals surface area (Å²) in [4.78, 5) is 0. The third kappa shape index (κ3) is 8.15. The van der Waals surface area contributed by atoms with E-state index in [1.807, 2.05) is 6.07 Å². The highest BCUT2D eigenvalue weighted by atomic mass is 16.3. The van der Waals surface area contributed by atoms with Crippen molar-refractivity contribution in [1.29, 1.82) is 0 Å². The first kappa shape index (κ1) is 24.8. The van der Waals surface area contributed by atoms with Crippen molar-refractivity contribution in [3.63, 3.8) is 0 Å². The van der Waals surface area contributed by atoms with Crippen LogP contribution in [0, 0.1) is 0 Å². The predicted molar refractivity (Wildman–Crippen MR) is 255 cm³/mol. The molecule has 0 fully saturated rings. The molecule has 296 valence electrons. The molecule has 10 aromatic rings. The minimum absolute atomic E-state index is 0.101. The van der Waals surface area contributed by atoms with Crippen LogP contribution in [0.25, 0.3) is 66.1 Å². The molecule has 0 spiro atoms. The number of rotatable bonds is 6. The zero-order valence-electron chi connectivity index (χ0n) is 49.0. The molecule has 0 aliphatic rings. The molecule has 0 radical (unpaired) electrons. The van der Waals surface area contributed by atoms with E-state index in [2.05, 4.69) is 116 Å². The maximum atomic E-state index is 8.97. The third-order valence-corrected chi connectivity index (χ3v) is 9.98. The van der Waals surface area contributed by atoms with Crippen molar-refractivity contribution < 1.29 is 29.4 Å². The van der Waals surface area contributed by atoms with Crippen molar-refractivity contribution in [2.75, 3.05) is 10.6 Å². The van der Waals surface area contributed by atoms with Gasteiger partial charge in [-0.2, -0.15) is 0 Å². The smallest absolute Gasteiger partial charge is 0.135 e. The van der Waals surface area contributed by atoms with Crippen molar-refractivity contribution in [2.45, 2.75) is 52.4 Å². The lowest BCUT2D eigenvalue weighted by Gasteiger charge is -2.18. The topological polar surface area (TPSA) is 50.3 Å². The first-order valence-corrected chi connectivity index (χ1v) is 19.5. The van der Waals surface area contributed by atoms with E-state index in [0.717, 1.165) is 33.3 Å². The molecule has 8 aromatic carbocycles. The van der Waals surface area contributed by atoms with E-state index in [1.165, 1.54) is 16.7 Å². The van der Waals surface area contributed by atoms with Crippen molar-refractivity contribution in [1.82, 2.24) is 0 Å². The summed E-state index contributed by atoms with van der Waals surface area (Å²) in [7, 11) is 0. The fourth-order valence-corrected chi connectivity index (χ4v) is 6.76. The van der Waals surface area contributed by atoms with E-state index in [-0.39, 0.29) is 51.0 Å². The van der Waals surface area contributed by atoms with Crippen LogP contribution < -0.4 is 10.6 Å². The van der Waals surface area contributed by atoms with E-state index in [0.29, 0.717) is 0 Å². The second-order valence-corrected chi connectivity index (χ2v) is 16.5. The number of furan rings is 2. The molecule has 10 rings (SSSR count). The summed E-state index contributed by atoms with van der Waals surface area (Å²) in [6, 6.07) is 22.7. The van der Waals surface area contributed by atoms with E-state index in [4.69, 9.17) is 29.4 Å². The highest BCUT2D eigenvalue weighted by molar-refractivity contribution is 6.07. The average molecular weight is 798 g/mol. The molecule has 0 unspecified atom stereocenters. The number of hydrogen-bond donors (Lipinski definition) is 2. The first-order valence-electron chi connectivity index (χ1n) is 27.0. The molecule has 0 aliphatic carbocycles. The number of anilines is 4. The zero-order chi connectivity index (χ0) is 54.5. The van der Waals surface area contributed by atoms with Crippen molar-refractivity contribution in [3.8, 4) is 22.3 Å². The van der Waals surface area contributed by atoms with Gasteiger partial charge in [0, 0.05) is 44.3 Å². The van der Waals surface area contributed by atoms with Crippen LogP contribution in [0.4, 0.5) is 22.7 Å². The highest BCUT2D eigenvalue weighted by Crippen LogP contribution is 2.37. The Morgan fingerprint density at radius 2 is 1.10 bits per heavy atom. The Hall–Kier alpha value is -7.04. The number of nitrogens with one attached hydrogen (secondary N) is 2. The van der Waals surface area contributed by atoms with Gasteiger partial charge in [-0.05, 0) is 117 Å². The molecular formula is C56H50N2O2. The van der Waals surface area contributed by atoms with Gasteiger partial charge in [-0.3, -0.25) is 0 Å². The summed E-state index contributed by atoms with van der Waals surface area (Å²) in [5, 5.41) is 8.16. The molecular weight excluding hydrogens is 733 g/mol. The molecule has 0 saturated carbocycles. The summed E-state index contributed by atoms with van der Waals surface area (Å²) in [5.41, 5.74) is 4.79. The van der Waals surface area contributed by atoms with Crippen LogP contribution >= 0.6 is 0 Å². The quantitative estimate of drug-likeness (QED) is 0.176. The molecule has 0 atom stereocenters. The Bertz CT molecular complexity index is 3960. The summed E-state index contributed by atoms with van der Waals surface area (Å²) in [6.07, 6.45) is 0. The van der Waals surface area contributed by atoms with Crippen molar-refractivity contribution in [3.05, 3.63) is 193 Å². The highest BCUT2D eigenvalue weighted by Gasteiger charge is 2.18. The lowest BCUT2D eigenvalue weighted by molar-refractivity contribution is 0.587. The van der Waals surface area contributed by atoms with Crippen LogP contribution in [0.3, 0.4) is 0 Å². The van der Waals surface area contributed by atoms with E-state index in [1.54, 1.807) is 20.8 Å². The van der Waals surface area contributed by atoms with Gasteiger partial charge in [-0.1, -0.05) is 151 Å². The van der Waals surface area contributed by atoms with Crippen LogP contribution in [0.15, 0.2) is 190 Å². The van der Waals surface area contributed by atoms with Crippen molar-refractivity contribution in [2.24, 2.45) is 0 Å². The Morgan fingerprint density at radius 1 is 0.383 bits per heavy atom.